The molecule has 14 heavy (non-hydrogen) atoms. The third kappa shape index (κ3) is 4.20. The first kappa shape index (κ1) is 12.4. The van der Waals surface area contributed by atoms with Crippen molar-refractivity contribution >= 4 is 23.2 Å². The molecule has 0 atom stereocenters. The van der Waals surface area contributed by atoms with Gasteiger partial charge < -0.3 is 5.32 Å². The van der Waals surface area contributed by atoms with Crippen molar-refractivity contribution in [2.24, 2.45) is 5.92 Å². The number of rotatable bonds is 4. The summed E-state index contributed by atoms with van der Waals surface area (Å²) >= 11 is 11.3. The summed E-state index contributed by atoms with van der Waals surface area (Å²) in [6, 6.07) is 0.642. The monoisotopic (exact) mass is 235 g/mol. The number of hydrogen-bond acceptors (Lipinski definition) is 1. The Morgan fingerprint density at radius 2 is 2.00 bits per heavy atom. The summed E-state index contributed by atoms with van der Waals surface area (Å²) in [5.41, 5.74) is 1.44. The van der Waals surface area contributed by atoms with Gasteiger partial charge >= 0.3 is 0 Å². The molecule has 1 aliphatic rings. The summed E-state index contributed by atoms with van der Waals surface area (Å²) in [5.74, 6) is 0.951. The highest BCUT2D eigenvalue weighted by Gasteiger charge is 2.19. The number of hydrogen-bond donors (Lipinski definition) is 1. The minimum Gasteiger partial charge on any atom is -0.309 e. The van der Waals surface area contributed by atoms with Crippen LogP contribution in [0.15, 0.2) is 10.6 Å². The van der Waals surface area contributed by atoms with Crippen LogP contribution in [0, 0.1) is 5.92 Å². The summed E-state index contributed by atoms with van der Waals surface area (Å²) in [6.45, 7) is 3.00. The van der Waals surface area contributed by atoms with Crippen LogP contribution < -0.4 is 5.32 Å². The summed E-state index contributed by atoms with van der Waals surface area (Å²) in [7, 11) is 0. The molecule has 1 saturated carbocycles. The predicted molar refractivity (Wildman–Crippen MR) is 63.8 cm³/mol. The van der Waals surface area contributed by atoms with Gasteiger partial charge in [-0.05, 0) is 31.6 Å². The van der Waals surface area contributed by atoms with Crippen molar-refractivity contribution in [2.75, 3.05) is 6.54 Å². The van der Waals surface area contributed by atoms with Crippen molar-refractivity contribution in [3.05, 3.63) is 10.6 Å². The van der Waals surface area contributed by atoms with Gasteiger partial charge in [0, 0.05) is 23.2 Å². The molecule has 82 valence electrons. The molecule has 0 aromatic carbocycles. The zero-order valence-corrected chi connectivity index (χ0v) is 10.2. The van der Waals surface area contributed by atoms with E-state index in [9.17, 15) is 0 Å². The van der Waals surface area contributed by atoms with Gasteiger partial charge in [0.2, 0.25) is 0 Å². The minimum atomic E-state index is 0.642. The molecule has 0 unspecified atom stereocenters. The smallest absolute Gasteiger partial charge is 0.0431 e. The second kappa shape index (κ2) is 6.71. The Morgan fingerprint density at radius 3 is 2.50 bits per heavy atom. The average molecular weight is 236 g/mol. The Balaban J connectivity index is 2.16. The first-order valence-electron chi connectivity index (χ1n) is 5.44. The van der Waals surface area contributed by atoms with Gasteiger partial charge in [-0.2, -0.15) is 0 Å². The van der Waals surface area contributed by atoms with Crippen LogP contribution >= 0.6 is 23.2 Å². The zero-order valence-electron chi connectivity index (χ0n) is 8.73. The molecule has 0 amide bonds. The van der Waals surface area contributed by atoms with Crippen molar-refractivity contribution in [1.82, 2.24) is 5.32 Å². The lowest BCUT2D eigenvalue weighted by molar-refractivity contribution is 0.291. The molecule has 0 radical (unpaired) electrons. The van der Waals surface area contributed by atoms with E-state index in [1.165, 1.54) is 37.6 Å². The van der Waals surface area contributed by atoms with Gasteiger partial charge in [0.1, 0.15) is 0 Å². The minimum absolute atomic E-state index is 0.642. The van der Waals surface area contributed by atoms with E-state index in [0.717, 1.165) is 5.92 Å². The molecular formula is C11H19Cl2N. The van der Waals surface area contributed by atoms with E-state index in [1.54, 1.807) is 0 Å². The highest BCUT2D eigenvalue weighted by atomic mass is 35.5. The van der Waals surface area contributed by atoms with Crippen LogP contribution in [-0.4, -0.2) is 12.6 Å². The highest BCUT2D eigenvalue weighted by Crippen LogP contribution is 2.26. The molecule has 0 saturated heterocycles. The maximum absolute atomic E-state index is 5.81. The lowest BCUT2D eigenvalue weighted by Crippen LogP contribution is -2.33. The van der Waals surface area contributed by atoms with E-state index in [1.807, 2.05) is 0 Å². The normalized spacial score (nSPS) is 29.2. The van der Waals surface area contributed by atoms with E-state index in [-0.39, 0.29) is 0 Å². The number of nitrogens with one attached hydrogen (secondary N) is 1. The van der Waals surface area contributed by atoms with Crippen LogP contribution in [0.3, 0.4) is 0 Å². The third-order valence-electron chi connectivity index (χ3n) is 3.10. The van der Waals surface area contributed by atoms with Crippen LogP contribution in [0.1, 0.15) is 39.0 Å². The summed E-state index contributed by atoms with van der Waals surface area (Å²) in [6.07, 6.45) is 6.61. The van der Waals surface area contributed by atoms with Crippen molar-refractivity contribution in [3.8, 4) is 0 Å². The van der Waals surface area contributed by atoms with E-state index < -0.39 is 0 Å². The molecule has 0 bridgehead atoms. The Kier molecular flexibility index (Phi) is 5.92. The van der Waals surface area contributed by atoms with Gasteiger partial charge in [-0.3, -0.25) is 0 Å². The average Bonchev–Trinajstić information content (AvgIpc) is 2.26. The topological polar surface area (TPSA) is 12.0 Å². The second-order valence-corrected chi connectivity index (χ2v) is 4.77. The summed E-state index contributed by atoms with van der Waals surface area (Å²) in [5, 5.41) is 4.13. The van der Waals surface area contributed by atoms with Gasteiger partial charge in [-0.1, -0.05) is 36.5 Å². The van der Waals surface area contributed by atoms with Crippen LogP contribution in [-0.2, 0) is 0 Å². The lowest BCUT2D eigenvalue weighted by atomic mass is 9.84. The third-order valence-corrected chi connectivity index (χ3v) is 3.72. The van der Waals surface area contributed by atoms with Gasteiger partial charge in [-0.25, -0.2) is 0 Å². The SMILES string of the molecule is CCC1CCC(NCC(Cl)=CCl)CC1. The lowest BCUT2D eigenvalue weighted by Gasteiger charge is -2.28. The maximum atomic E-state index is 5.81. The van der Waals surface area contributed by atoms with E-state index in [0.29, 0.717) is 17.6 Å². The molecule has 1 N–H and O–H groups in total. The fourth-order valence-corrected chi connectivity index (χ4v) is 2.21. The first-order valence-corrected chi connectivity index (χ1v) is 6.25. The van der Waals surface area contributed by atoms with E-state index in [2.05, 4.69) is 12.2 Å². The molecule has 0 spiro atoms. The van der Waals surface area contributed by atoms with Gasteiger partial charge in [0.15, 0.2) is 0 Å². The van der Waals surface area contributed by atoms with Crippen LogP contribution in [0.5, 0.6) is 0 Å². The van der Waals surface area contributed by atoms with Crippen LogP contribution in [0.2, 0.25) is 0 Å². The molecule has 3 heteroatoms. The van der Waals surface area contributed by atoms with Crippen LogP contribution in [0.4, 0.5) is 0 Å². The summed E-state index contributed by atoms with van der Waals surface area (Å²) < 4.78 is 0. The molecule has 0 aliphatic heterocycles. The Labute approximate surface area is 96.8 Å². The fourth-order valence-electron chi connectivity index (χ4n) is 2.06. The fraction of sp³-hybridized carbons (Fsp3) is 0.818. The molecule has 0 heterocycles. The number of halogens is 2. The van der Waals surface area contributed by atoms with Crippen molar-refractivity contribution in [1.29, 1.82) is 0 Å². The molecule has 1 fully saturated rings. The Morgan fingerprint density at radius 1 is 1.36 bits per heavy atom. The van der Waals surface area contributed by atoms with E-state index >= 15 is 0 Å². The van der Waals surface area contributed by atoms with Crippen LogP contribution in [0.25, 0.3) is 0 Å². The molecule has 1 nitrogen and oxygen atoms in total. The Bertz CT molecular complexity index is 184. The highest BCUT2D eigenvalue weighted by molar-refractivity contribution is 6.36. The molecule has 0 aromatic rings. The molecular weight excluding hydrogens is 217 g/mol. The quantitative estimate of drug-likeness (QED) is 0.781. The standard InChI is InChI=1S/C11H19Cl2N/c1-2-9-3-5-11(6-4-9)14-8-10(13)7-12/h7,9,11,14H,2-6,8H2,1H3. The molecule has 1 aliphatic carbocycles. The second-order valence-electron chi connectivity index (χ2n) is 4.06. The van der Waals surface area contributed by atoms with Gasteiger partial charge in [0.05, 0.1) is 0 Å². The first-order chi connectivity index (χ1) is 6.76. The summed E-state index contributed by atoms with van der Waals surface area (Å²) in [4.78, 5) is 0. The van der Waals surface area contributed by atoms with E-state index in [4.69, 9.17) is 23.2 Å². The Hall–Kier alpha value is 0.280. The van der Waals surface area contributed by atoms with Crippen molar-refractivity contribution in [3.63, 3.8) is 0 Å². The van der Waals surface area contributed by atoms with Gasteiger partial charge in [-0.15, -0.1) is 0 Å². The van der Waals surface area contributed by atoms with Crippen molar-refractivity contribution < 1.29 is 0 Å². The largest absolute Gasteiger partial charge is 0.309 e. The molecule has 1 rings (SSSR count). The molecule has 0 aromatic heterocycles. The maximum Gasteiger partial charge on any atom is 0.0431 e. The van der Waals surface area contributed by atoms with Crippen molar-refractivity contribution in [2.45, 2.75) is 45.1 Å². The zero-order chi connectivity index (χ0) is 10.4. The predicted octanol–water partition coefficient (Wildman–Crippen LogP) is 3.86. The van der Waals surface area contributed by atoms with Gasteiger partial charge in [0.25, 0.3) is 0 Å².